The van der Waals surface area contributed by atoms with Crippen molar-refractivity contribution < 1.29 is 9.90 Å². The third-order valence-corrected chi connectivity index (χ3v) is 2.54. The number of benzene rings is 1. The van der Waals surface area contributed by atoms with Crippen molar-refractivity contribution in [1.82, 2.24) is 4.98 Å². The van der Waals surface area contributed by atoms with E-state index in [1.165, 1.54) is 0 Å². The van der Waals surface area contributed by atoms with Gasteiger partial charge >= 0.3 is 5.97 Å². The van der Waals surface area contributed by atoms with E-state index in [-0.39, 0.29) is 6.42 Å². The predicted molar refractivity (Wildman–Crippen MR) is 65.6 cm³/mol. The molecule has 0 saturated carbocycles. The lowest BCUT2D eigenvalue weighted by Crippen LogP contribution is -1.97. The zero-order valence-corrected chi connectivity index (χ0v) is 9.34. The van der Waals surface area contributed by atoms with Crippen molar-refractivity contribution in [3.63, 3.8) is 0 Å². The Kier molecular flexibility index (Phi) is 3.50. The molecule has 1 aromatic heterocycles. The molecule has 0 unspecified atom stereocenters. The summed E-state index contributed by atoms with van der Waals surface area (Å²) in [4.78, 5) is 14.7. The number of aryl methyl sites for hydroxylation is 1. The standard InChI is InChI=1S/C14H13NO2/c16-14(17)9-6-11-4-7-12(8-5-11)13-3-1-2-10-15-13/h1-5,7-8,10H,6,9H2,(H,16,17). The first-order chi connectivity index (χ1) is 8.25. The average Bonchev–Trinajstić information content (AvgIpc) is 2.38. The molecule has 3 nitrogen and oxygen atoms in total. The van der Waals surface area contributed by atoms with Crippen LogP contribution in [-0.4, -0.2) is 16.1 Å². The van der Waals surface area contributed by atoms with Gasteiger partial charge < -0.3 is 5.11 Å². The summed E-state index contributed by atoms with van der Waals surface area (Å²) >= 11 is 0. The van der Waals surface area contributed by atoms with Gasteiger partial charge in [-0.2, -0.15) is 0 Å². The van der Waals surface area contributed by atoms with Crippen molar-refractivity contribution in [2.75, 3.05) is 0 Å². The summed E-state index contributed by atoms with van der Waals surface area (Å²) < 4.78 is 0. The number of hydrogen-bond donors (Lipinski definition) is 1. The summed E-state index contributed by atoms with van der Waals surface area (Å²) in [5, 5.41) is 8.60. The maximum Gasteiger partial charge on any atom is 0.303 e. The summed E-state index contributed by atoms with van der Waals surface area (Å²) in [7, 11) is 0. The molecule has 0 spiro atoms. The van der Waals surface area contributed by atoms with Crippen LogP contribution in [0.4, 0.5) is 0 Å². The molecular formula is C14H13NO2. The van der Waals surface area contributed by atoms with E-state index >= 15 is 0 Å². The van der Waals surface area contributed by atoms with E-state index in [0.29, 0.717) is 6.42 Å². The maximum atomic E-state index is 10.5. The number of carboxylic acid groups (broad SMARTS) is 1. The van der Waals surface area contributed by atoms with Crippen LogP contribution in [0.3, 0.4) is 0 Å². The third kappa shape index (κ3) is 3.14. The van der Waals surface area contributed by atoms with Crippen molar-refractivity contribution in [2.45, 2.75) is 12.8 Å². The molecule has 0 saturated heterocycles. The van der Waals surface area contributed by atoms with E-state index in [0.717, 1.165) is 16.8 Å². The van der Waals surface area contributed by atoms with Crippen LogP contribution in [0.5, 0.6) is 0 Å². The number of carbonyl (C=O) groups is 1. The van der Waals surface area contributed by atoms with Gasteiger partial charge in [-0.3, -0.25) is 9.78 Å². The lowest BCUT2D eigenvalue weighted by atomic mass is 10.1. The van der Waals surface area contributed by atoms with Crippen LogP contribution >= 0.6 is 0 Å². The molecule has 17 heavy (non-hydrogen) atoms. The van der Waals surface area contributed by atoms with E-state index in [1.54, 1.807) is 6.20 Å². The minimum atomic E-state index is -0.765. The highest BCUT2D eigenvalue weighted by Crippen LogP contribution is 2.17. The van der Waals surface area contributed by atoms with Crippen LogP contribution in [0.25, 0.3) is 11.3 Å². The van der Waals surface area contributed by atoms with Crippen LogP contribution < -0.4 is 0 Å². The smallest absolute Gasteiger partial charge is 0.303 e. The highest BCUT2D eigenvalue weighted by Gasteiger charge is 2.01. The molecule has 0 fully saturated rings. The molecule has 0 aliphatic rings. The first-order valence-electron chi connectivity index (χ1n) is 5.48. The predicted octanol–water partition coefficient (Wildman–Crippen LogP) is 2.77. The Hall–Kier alpha value is -2.16. The molecule has 2 rings (SSSR count). The zero-order chi connectivity index (χ0) is 12.1. The van der Waals surface area contributed by atoms with E-state index in [9.17, 15) is 4.79 Å². The number of nitrogens with zero attached hydrogens (tertiary/aromatic N) is 1. The lowest BCUT2D eigenvalue weighted by molar-refractivity contribution is -0.136. The van der Waals surface area contributed by atoms with Gasteiger partial charge in [0.25, 0.3) is 0 Å². The largest absolute Gasteiger partial charge is 0.481 e. The first kappa shape index (κ1) is 11.3. The fourth-order valence-corrected chi connectivity index (χ4v) is 1.63. The average molecular weight is 227 g/mol. The summed E-state index contributed by atoms with van der Waals surface area (Å²) in [6.45, 7) is 0. The maximum absolute atomic E-state index is 10.5. The zero-order valence-electron chi connectivity index (χ0n) is 9.34. The van der Waals surface area contributed by atoms with E-state index in [2.05, 4.69) is 4.98 Å². The SMILES string of the molecule is O=C(O)CCc1ccc(-c2ccccn2)cc1. The van der Waals surface area contributed by atoms with E-state index in [1.807, 2.05) is 42.5 Å². The Balaban J connectivity index is 2.11. The highest BCUT2D eigenvalue weighted by molar-refractivity contribution is 5.67. The van der Waals surface area contributed by atoms with Gasteiger partial charge in [0, 0.05) is 18.2 Å². The monoisotopic (exact) mass is 227 g/mol. The number of rotatable bonds is 4. The molecule has 0 radical (unpaired) electrons. The molecule has 0 aliphatic heterocycles. The number of aliphatic carboxylic acids is 1. The lowest BCUT2D eigenvalue weighted by Gasteiger charge is -2.02. The van der Waals surface area contributed by atoms with Crippen LogP contribution in [0.2, 0.25) is 0 Å². The van der Waals surface area contributed by atoms with Gasteiger partial charge in [-0.25, -0.2) is 0 Å². The van der Waals surface area contributed by atoms with Crippen LogP contribution in [0, 0.1) is 0 Å². The van der Waals surface area contributed by atoms with Crippen LogP contribution in [-0.2, 0) is 11.2 Å². The number of hydrogen-bond acceptors (Lipinski definition) is 2. The van der Waals surface area contributed by atoms with Gasteiger partial charge in [-0.1, -0.05) is 30.3 Å². The van der Waals surface area contributed by atoms with E-state index < -0.39 is 5.97 Å². The van der Waals surface area contributed by atoms with Crippen molar-refractivity contribution in [3.05, 3.63) is 54.2 Å². The number of pyridine rings is 1. The van der Waals surface area contributed by atoms with Crippen molar-refractivity contribution in [3.8, 4) is 11.3 Å². The molecule has 3 heteroatoms. The summed E-state index contributed by atoms with van der Waals surface area (Å²) in [6, 6.07) is 13.6. The van der Waals surface area contributed by atoms with E-state index in [4.69, 9.17) is 5.11 Å². The topological polar surface area (TPSA) is 50.2 Å². The second kappa shape index (κ2) is 5.25. The van der Waals surface area contributed by atoms with Gasteiger partial charge in [-0.15, -0.1) is 0 Å². The molecule has 1 aromatic carbocycles. The summed E-state index contributed by atoms with van der Waals surface area (Å²) in [5.74, 6) is -0.765. The summed E-state index contributed by atoms with van der Waals surface area (Å²) in [6.07, 6.45) is 2.49. The molecular weight excluding hydrogens is 214 g/mol. The number of carboxylic acids is 1. The summed E-state index contributed by atoms with van der Waals surface area (Å²) in [5.41, 5.74) is 3.01. The number of aromatic nitrogens is 1. The molecule has 1 heterocycles. The fraction of sp³-hybridized carbons (Fsp3) is 0.143. The molecule has 0 amide bonds. The Bertz CT molecular complexity index is 491. The molecule has 2 aromatic rings. The Morgan fingerprint density at radius 3 is 2.47 bits per heavy atom. The second-order valence-electron chi connectivity index (χ2n) is 3.81. The first-order valence-corrected chi connectivity index (χ1v) is 5.48. The van der Waals surface area contributed by atoms with Crippen molar-refractivity contribution in [1.29, 1.82) is 0 Å². The van der Waals surface area contributed by atoms with Gasteiger partial charge in [-0.05, 0) is 24.1 Å². The van der Waals surface area contributed by atoms with Gasteiger partial charge in [0.05, 0.1) is 5.69 Å². The molecule has 0 atom stereocenters. The fourth-order valence-electron chi connectivity index (χ4n) is 1.63. The normalized spacial score (nSPS) is 10.1. The van der Waals surface area contributed by atoms with Crippen molar-refractivity contribution >= 4 is 5.97 Å². The minimum Gasteiger partial charge on any atom is -0.481 e. The van der Waals surface area contributed by atoms with Crippen LogP contribution in [0.1, 0.15) is 12.0 Å². The minimum absolute atomic E-state index is 0.170. The Labute approximate surface area is 99.8 Å². The van der Waals surface area contributed by atoms with Crippen LogP contribution in [0.15, 0.2) is 48.7 Å². The molecule has 0 aliphatic carbocycles. The molecule has 1 N–H and O–H groups in total. The van der Waals surface area contributed by atoms with Gasteiger partial charge in [0.2, 0.25) is 0 Å². The molecule has 0 bridgehead atoms. The Morgan fingerprint density at radius 1 is 1.12 bits per heavy atom. The quantitative estimate of drug-likeness (QED) is 0.873. The second-order valence-corrected chi connectivity index (χ2v) is 3.81. The van der Waals surface area contributed by atoms with Crippen molar-refractivity contribution in [2.24, 2.45) is 0 Å². The molecule has 86 valence electrons. The highest BCUT2D eigenvalue weighted by atomic mass is 16.4. The van der Waals surface area contributed by atoms with Gasteiger partial charge in [0.1, 0.15) is 0 Å². The van der Waals surface area contributed by atoms with Gasteiger partial charge in [0.15, 0.2) is 0 Å². The Morgan fingerprint density at radius 2 is 1.88 bits per heavy atom. The third-order valence-electron chi connectivity index (χ3n) is 2.54.